The molecule has 1 atom stereocenters. The first-order valence-electron chi connectivity index (χ1n) is 9.40. The Kier molecular flexibility index (Phi) is 4.72. The molecule has 130 valence electrons. The number of aliphatic imine (C=N–C) groups is 1. The highest BCUT2D eigenvalue weighted by atomic mass is 15.2. The zero-order valence-electron chi connectivity index (χ0n) is 14.7. The molecule has 0 bridgehead atoms. The maximum absolute atomic E-state index is 4.79. The largest absolute Gasteiger partial charge is 0.349 e. The molecule has 0 aromatic heterocycles. The van der Waals surface area contributed by atoms with Gasteiger partial charge in [0.05, 0.1) is 6.04 Å². The van der Waals surface area contributed by atoms with Gasteiger partial charge in [0, 0.05) is 50.5 Å². The van der Waals surface area contributed by atoms with Gasteiger partial charge in [-0.05, 0) is 44.4 Å². The van der Waals surface area contributed by atoms with Gasteiger partial charge in [0.1, 0.15) is 0 Å². The van der Waals surface area contributed by atoms with Gasteiger partial charge < -0.3 is 20.4 Å². The molecule has 3 aliphatic rings. The molecule has 1 unspecified atom stereocenters. The number of hydrogen-bond acceptors (Lipinski definition) is 3. The van der Waals surface area contributed by atoms with Crippen LogP contribution < -0.4 is 10.6 Å². The van der Waals surface area contributed by atoms with E-state index < -0.39 is 0 Å². The second-order valence-electron chi connectivity index (χ2n) is 7.32. The van der Waals surface area contributed by atoms with Crippen LogP contribution in [0.1, 0.15) is 36.4 Å². The van der Waals surface area contributed by atoms with Gasteiger partial charge in [-0.1, -0.05) is 12.1 Å². The lowest BCUT2D eigenvalue weighted by Crippen LogP contribution is -2.44. The molecule has 24 heavy (non-hydrogen) atoms. The SMILES string of the molecule is CN1CCN(CCCN=C2Nc3cccc4c3C(CCC4)N2)CC1. The van der Waals surface area contributed by atoms with E-state index in [1.54, 1.807) is 0 Å². The van der Waals surface area contributed by atoms with Crippen molar-refractivity contribution < 1.29 is 0 Å². The van der Waals surface area contributed by atoms with Crippen LogP contribution in [0, 0.1) is 0 Å². The summed E-state index contributed by atoms with van der Waals surface area (Å²) in [6, 6.07) is 7.08. The third kappa shape index (κ3) is 3.42. The van der Waals surface area contributed by atoms with Crippen LogP contribution in [0.4, 0.5) is 5.69 Å². The normalized spacial score (nSPS) is 25.9. The van der Waals surface area contributed by atoms with Crippen molar-refractivity contribution in [2.75, 3.05) is 51.6 Å². The Hall–Kier alpha value is -1.59. The maximum Gasteiger partial charge on any atom is 0.196 e. The molecule has 2 heterocycles. The van der Waals surface area contributed by atoms with Crippen LogP contribution in [0.25, 0.3) is 0 Å². The van der Waals surface area contributed by atoms with E-state index >= 15 is 0 Å². The van der Waals surface area contributed by atoms with Crippen LogP contribution in [0.15, 0.2) is 23.2 Å². The summed E-state index contributed by atoms with van der Waals surface area (Å²) in [5, 5.41) is 7.11. The number of guanidine groups is 1. The van der Waals surface area contributed by atoms with E-state index in [0.29, 0.717) is 6.04 Å². The van der Waals surface area contributed by atoms with E-state index in [1.807, 2.05) is 0 Å². The van der Waals surface area contributed by atoms with E-state index in [2.05, 4.69) is 45.7 Å². The number of benzene rings is 1. The van der Waals surface area contributed by atoms with Crippen molar-refractivity contribution in [1.29, 1.82) is 0 Å². The Morgan fingerprint density at radius 1 is 1.21 bits per heavy atom. The lowest BCUT2D eigenvalue weighted by Gasteiger charge is -2.34. The second kappa shape index (κ2) is 7.11. The number of rotatable bonds is 4. The van der Waals surface area contributed by atoms with Gasteiger partial charge in [0.15, 0.2) is 5.96 Å². The molecule has 5 nitrogen and oxygen atoms in total. The molecule has 0 radical (unpaired) electrons. The van der Waals surface area contributed by atoms with Crippen molar-refractivity contribution in [3.8, 4) is 0 Å². The summed E-state index contributed by atoms with van der Waals surface area (Å²) < 4.78 is 0. The maximum atomic E-state index is 4.79. The smallest absolute Gasteiger partial charge is 0.196 e. The van der Waals surface area contributed by atoms with Crippen molar-refractivity contribution >= 4 is 11.6 Å². The van der Waals surface area contributed by atoms with E-state index in [-0.39, 0.29) is 0 Å². The predicted molar refractivity (Wildman–Crippen MR) is 99.7 cm³/mol. The minimum atomic E-state index is 0.447. The first kappa shape index (κ1) is 15.9. The fourth-order valence-electron chi connectivity index (χ4n) is 4.11. The van der Waals surface area contributed by atoms with E-state index in [0.717, 1.165) is 25.5 Å². The predicted octanol–water partition coefficient (Wildman–Crippen LogP) is 2.07. The first-order chi connectivity index (χ1) is 11.8. The minimum absolute atomic E-state index is 0.447. The Morgan fingerprint density at radius 3 is 2.96 bits per heavy atom. The van der Waals surface area contributed by atoms with Crippen molar-refractivity contribution in [1.82, 2.24) is 15.1 Å². The molecule has 0 amide bonds. The second-order valence-corrected chi connectivity index (χ2v) is 7.32. The first-order valence-corrected chi connectivity index (χ1v) is 9.40. The zero-order valence-corrected chi connectivity index (χ0v) is 14.7. The fourth-order valence-corrected chi connectivity index (χ4v) is 4.11. The molecular formula is C19H29N5. The highest BCUT2D eigenvalue weighted by molar-refractivity contribution is 5.97. The van der Waals surface area contributed by atoms with Crippen LogP contribution in [0.2, 0.25) is 0 Å². The molecule has 2 N–H and O–H groups in total. The van der Waals surface area contributed by atoms with Crippen LogP contribution in [0.5, 0.6) is 0 Å². The van der Waals surface area contributed by atoms with Crippen molar-refractivity contribution in [2.45, 2.75) is 31.7 Å². The Balaban J connectivity index is 1.32. The van der Waals surface area contributed by atoms with Gasteiger partial charge in [-0.25, -0.2) is 0 Å². The molecule has 1 saturated heterocycles. The third-order valence-electron chi connectivity index (χ3n) is 5.55. The fraction of sp³-hybridized carbons (Fsp3) is 0.632. The number of anilines is 1. The van der Waals surface area contributed by atoms with Crippen LogP contribution in [-0.2, 0) is 6.42 Å². The van der Waals surface area contributed by atoms with Crippen molar-refractivity contribution in [3.05, 3.63) is 29.3 Å². The lowest BCUT2D eigenvalue weighted by atomic mass is 9.85. The van der Waals surface area contributed by atoms with Gasteiger partial charge in [0.25, 0.3) is 0 Å². The highest BCUT2D eigenvalue weighted by Crippen LogP contribution is 2.37. The molecule has 1 aliphatic carbocycles. The lowest BCUT2D eigenvalue weighted by molar-refractivity contribution is 0.153. The van der Waals surface area contributed by atoms with Gasteiger partial charge >= 0.3 is 0 Å². The van der Waals surface area contributed by atoms with Gasteiger partial charge in [-0.2, -0.15) is 0 Å². The summed E-state index contributed by atoms with van der Waals surface area (Å²) in [6.45, 7) is 6.83. The molecule has 4 rings (SSSR count). The zero-order chi connectivity index (χ0) is 16.4. The number of nitrogens with one attached hydrogen (secondary N) is 2. The summed E-state index contributed by atoms with van der Waals surface area (Å²) in [5.41, 5.74) is 4.23. The summed E-state index contributed by atoms with van der Waals surface area (Å²) in [5.74, 6) is 0.963. The van der Waals surface area contributed by atoms with E-state index in [4.69, 9.17) is 4.99 Å². The van der Waals surface area contributed by atoms with E-state index in [9.17, 15) is 0 Å². The molecule has 1 aromatic rings. The molecule has 1 fully saturated rings. The summed E-state index contributed by atoms with van der Waals surface area (Å²) in [4.78, 5) is 9.76. The molecular weight excluding hydrogens is 298 g/mol. The summed E-state index contributed by atoms with van der Waals surface area (Å²) in [6.07, 6.45) is 4.82. The quantitative estimate of drug-likeness (QED) is 0.831. The van der Waals surface area contributed by atoms with Crippen molar-refractivity contribution in [3.63, 3.8) is 0 Å². The number of nitrogens with zero attached hydrogens (tertiary/aromatic N) is 3. The minimum Gasteiger partial charge on any atom is -0.349 e. The number of aryl methyl sites for hydroxylation is 1. The molecule has 5 heteroatoms. The third-order valence-corrected chi connectivity index (χ3v) is 5.55. The van der Waals surface area contributed by atoms with Crippen molar-refractivity contribution in [2.24, 2.45) is 4.99 Å². The molecule has 0 spiro atoms. The van der Waals surface area contributed by atoms with Gasteiger partial charge in [0.2, 0.25) is 0 Å². The highest BCUT2D eigenvalue weighted by Gasteiger charge is 2.27. The van der Waals surface area contributed by atoms with Crippen LogP contribution in [-0.4, -0.2) is 62.1 Å². The monoisotopic (exact) mass is 327 g/mol. The van der Waals surface area contributed by atoms with Crippen LogP contribution >= 0.6 is 0 Å². The van der Waals surface area contributed by atoms with Gasteiger partial charge in [-0.15, -0.1) is 0 Å². The number of piperazine rings is 1. The number of hydrogen-bond donors (Lipinski definition) is 2. The topological polar surface area (TPSA) is 42.9 Å². The Labute approximate surface area is 145 Å². The Bertz CT molecular complexity index is 604. The molecule has 2 aliphatic heterocycles. The Morgan fingerprint density at radius 2 is 2.08 bits per heavy atom. The molecule has 1 aromatic carbocycles. The van der Waals surface area contributed by atoms with E-state index in [1.165, 1.54) is 62.3 Å². The standard InChI is InChI=1S/C19H29N5/c1-23-11-13-24(14-12-23)10-4-9-20-19-21-16-7-2-5-15-6-3-8-17(22-19)18(15)16/h2,5,7,17H,3-4,6,8-14H2,1H3,(H2,20,21,22). The van der Waals surface area contributed by atoms with Gasteiger partial charge in [-0.3, -0.25) is 4.99 Å². The summed E-state index contributed by atoms with van der Waals surface area (Å²) >= 11 is 0. The number of likely N-dealkylation sites (N-methyl/N-ethyl adjacent to an activating group) is 1. The van der Waals surface area contributed by atoms with Crippen LogP contribution in [0.3, 0.4) is 0 Å². The average Bonchev–Trinajstić information content (AvgIpc) is 2.61. The summed E-state index contributed by atoms with van der Waals surface area (Å²) in [7, 11) is 2.21. The average molecular weight is 327 g/mol. The molecule has 0 saturated carbocycles.